The van der Waals surface area contributed by atoms with E-state index >= 15 is 4.39 Å². The molecule has 3 heterocycles. The van der Waals surface area contributed by atoms with Crippen LogP contribution in [0.4, 0.5) is 26.1 Å². The molecule has 1 unspecified atom stereocenters. The van der Waals surface area contributed by atoms with Gasteiger partial charge in [-0.1, -0.05) is 12.1 Å². The normalized spacial score (nSPS) is 14.4. The van der Waals surface area contributed by atoms with E-state index in [0.29, 0.717) is 65.9 Å². The van der Waals surface area contributed by atoms with E-state index in [0.717, 1.165) is 0 Å². The van der Waals surface area contributed by atoms with Crippen molar-refractivity contribution in [1.82, 2.24) is 19.9 Å². The molecular formula is C26H27F2N7O3S. The summed E-state index contributed by atoms with van der Waals surface area (Å²) >= 11 is 0. The first-order valence-corrected chi connectivity index (χ1v) is 13.6. The monoisotopic (exact) mass is 555 g/mol. The van der Waals surface area contributed by atoms with Gasteiger partial charge in [0.1, 0.15) is 39.6 Å². The number of rotatable bonds is 9. The summed E-state index contributed by atoms with van der Waals surface area (Å²) in [5.74, 6) is 1.14. The molecule has 204 valence electrons. The summed E-state index contributed by atoms with van der Waals surface area (Å²) < 4.78 is 54.3. The molecule has 2 aromatic carbocycles. The van der Waals surface area contributed by atoms with Crippen molar-refractivity contribution in [3.05, 3.63) is 48.5 Å². The van der Waals surface area contributed by atoms with E-state index in [2.05, 4.69) is 19.6 Å². The van der Waals surface area contributed by atoms with Crippen LogP contribution in [-0.4, -0.2) is 70.0 Å². The molecule has 0 bridgehead atoms. The van der Waals surface area contributed by atoms with Gasteiger partial charge in [-0.25, -0.2) is 28.5 Å². The van der Waals surface area contributed by atoms with Crippen LogP contribution >= 0.6 is 0 Å². The molecule has 0 spiro atoms. The van der Waals surface area contributed by atoms with Crippen LogP contribution in [0, 0.1) is 5.82 Å². The summed E-state index contributed by atoms with van der Waals surface area (Å²) in [6, 6.07) is 8.28. The Bertz CT molecular complexity index is 1500. The fraction of sp³-hybridized carbons (Fsp3) is 0.308. The Kier molecular flexibility index (Phi) is 8.07. The summed E-state index contributed by atoms with van der Waals surface area (Å²) in [4.78, 5) is 20.1. The van der Waals surface area contributed by atoms with Gasteiger partial charge in [-0.3, -0.25) is 4.39 Å². The second-order valence-electron chi connectivity index (χ2n) is 8.73. The zero-order valence-electron chi connectivity index (χ0n) is 21.2. The molecule has 1 saturated heterocycles. The fourth-order valence-corrected chi connectivity index (χ4v) is 5.15. The van der Waals surface area contributed by atoms with Crippen molar-refractivity contribution in [3.8, 4) is 28.4 Å². The van der Waals surface area contributed by atoms with E-state index in [1.54, 1.807) is 18.2 Å². The van der Waals surface area contributed by atoms with Gasteiger partial charge in [0.2, 0.25) is 0 Å². The number of ether oxygens (including phenoxy) is 2. The van der Waals surface area contributed by atoms with E-state index in [4.69, 9.17) is 25.2 Å². The van der Waals surface area contributed by atoms with Crippen LogP contribution in [0.25, 0.3) is 33.5 Å². The van der Waals surface area contributed by atoms with E-state index in [1.807, 2.05) is 6.07 Å². The van der Waals surface area contributed by atoms with Gasteiger partial charge >= 0.3 is 0 Å². The zero-order valence-corrected chi connectivity index (χ0v) is 22.0. The van der Waals surface area contributed by atoms with Gasteiger partial charge in [0, 0.05) is 29.8 Å². The lowest BCUT2D eigenvalue weighted by atomic mass is 10.0. The molecule has 4 aromatic rings. The Morgan fingerprint density at radius 2 is 2.00 bits per heavy atom. The third kappa shape index (κ3) is 5.73. The Hall–Kier alpha value is -3.97. The SMILES string of the molecule is COc1cc(-c2cccc(NS(=O)CCCF)c2F)cc2c(N3CCOCC3)nc(-c3cnc(N)cn3)nc12. The predicted octanol–water partition coefficient (Wildman–Crippen LogP) is 3.76. The molecule has 3 N–H and O–H groups in total. The summed E-state index contributed by atoms with van der Waals surface area (Å²) in [6.07, 6.45) is 3.06. The maximum absolute atomic E-state index is 15.7. The summed E-state index contributed by atoms with van der Waals surface area (Å²) in [5.41, 5.74) is 7.52. The lowest BCUT2D eigenvalue weighted by molar-refractivity contribution is 0.122. The second-order valence-corrected chi connectivity index (χ2v) is 10.0. The largest absolute Gasteiger partial charge is 0.494 e. The molecule has 5 rings (SSSR count). The Morgan fingerprint density at radius 1 is 1.18 bits per heavy atom. The van der Waals surface area contributed by atoms with Gasteiger partial charge in [0.15, 0.2) is 11.6 Å². The number of halogens is 2. The maximum atomic E-state index is 15.7. The van der Waals surface area contributed by atoms with Gasteiger partial charge in [0.25, 0.3) is 0 Å². The number of morpholine rings is 1. The standard InChI is InChI=1S/C26H27F2N7O3S/c1-37-21-13-16(17-4-2-5-19(23(17)28)34-39(36)11-3-6-27)12-18-24(21)32-25(20-14-31-22(29)15-30-20)33-26(18)35-7-9-38-10-8-35/h2,4-5,12-15,34H,3,6-11H2,1H3,(H2,29,31). The molecule has 1 atom stereocenters. The second kappa shape index (κ2) is 11.8. The minimum absolute atomic E-state index is 0.0608. The van der Waals surface area contributed by atoms with E-state index in [-0.39, 0.29) is 29.2 Å². The van der Waals surface area contributed by atoms with Crippen molar-refractivity contribution in [1.29, 1.82) is 0 Å². The summed E-state index contributed by atoms with van der Waals surface area (Å²) in [6.45, 7) is 1.67. The first-order chi connectivity index (χ1) is 19.0. The maximum Gasteiger partial charge on any atom is 0.182 e. The number of nitrogens with two attached hydrogens (primary N) is 1. The number of nitrogens with one attached hydrogen (secondary N) is 1. The highest BCUT2D eigenvalue weighted by molar-refractivity contribution is 7.86. The molecule has 39 heavy (non-hydrogen) atoms. The molecule has 0 aliphatic carbocycles. The molecule has 0 amide bonds. The zero-order chi connectivity index (χ0) is 27.4. The van der Waals surface area contributed by atoms with Crippen LogP contribution in [0.1, 0.15) is 6.42 Å². The van der Waals surface area contributed by atoms with Crippen LogP contribution in [0.15, 0.2) is 42.7 Å². The number of nitrogen functional groups attached to an aromatic ring is 1. The van der Waals surface area contributed by atoms with E-state index in [9.17, 15) is 8.60 Å². The highest BCUT2D eigenvalue weighted by Crippen LogP contribution is 2.38. The van der Waals surface area contributed by atoms with E-state index in [1.165, 1.54) is 25.6 Å². The van der Waals surface area contributed by atoms with Crippen molar-refractivity contribution in [2.75, 3.05) is 61.2 Å². The van der Waals surface area contributed by atoms with Gasteiger partial charge in [-0.2, -0.15) is 0 Å². The average Bonchev–Trinajstić information content (AvgIpc) is 2.97. The highest BCUT2D eigenvalue weighted by atomic mass is 32.2. The topological polar surface area (TPSA) is 128 Å². The minimum Gasteiger partial charge on any atom is -0.494 e. The van der Waals surface area contributed by atoms with Crippen LogP contribution in [-0.2, 0) is 15.7 Å². The van der Waals surface area contributed by atoms with Crippen LogP contribution in [0.3, 0.4) is 0 Å². The van der Waals surface area contributed by atoms with E-state index < -0.39 is 23.5 Å². The average molecular weight is 556 g/mol. The molecule has 1 fully saturated rings. The number of benzene rings is 2. The summed E-state index contributed by atoms with van der Waals surface area (Å²) in [5, 5.41) is 0.655. The van der Waals surface area contributed by atoms with Crippen LogP contribution < -0.4 is 20.1 Å². The number of hydrogen-bond donors (Lipinski definition) is 2. The van der Waals surface area contributed by atoms with Crippen molar-refractivity contribution in [2.24, 2.45) is 0 Å². The number of alkyl halides is 1. The molecular weight excluding hydrogens is 528 g/mol. The highest BCUT2D eigenvalue weighted by Gasteiger charge is 2.22. The van der Waals surface area contributed by atoms with Crippen molar-refractivity contribution < 1.29 is 22.5 Å². The third-order valence-corrected chi connectivity index (χ3v) is 7.28. The molecule has 2 aromatic heterocycles. The first kappa shape index (κ1) is 26.6. The number of fused-ring (bicyclic) bond motifs is 1. The Labute approximate surface area is 226 Å². The Morgan fingerprint density at radius 3 is 2.72 bits per heavy atom. The third-order valence-electron chi connectivity index (χ3n) is 6.17. The molecule has 0 saturated carbocycles. The fourth-order valence-electron chi connectivity index (χ4n) is 4.27. The summed E-state index contributed by atoms with van der Waals surface area (Å²) in [7, 11) is -0.102. The lowest BCUT2D eigenvalue weighted by Crippen LogP contribution is -2.37. The van der Waals surface area contributed by atoms with Gasteiger partial charge in [0.05, 0.1) is 45.1 Å². The Balaban J connectivity index is 1.65. The number of nitrogens with zero attached hydrogens (tertiary/aromatic N) is 5. The number of anilines is 3. The molecule has 10 nitrogen and oxygen atoms in total. The predicted molar refractivity (Wildman–Crippen MR) is 147 cm³/mol. The van der Waals surface area contributed by atoms with Crippen LogP contribution in [0.5, 0.6) is 5.75 Å². The molecule has 1 aliphatic rings. The van der Waals surface area contributed by atoms with Crippen LogP contribution in [0.2, 0.25) is 0 Å². The van der Waals surface area contributed by atoms with Gasteiger partial charge in [-0.15, -0.1) is 0 Å². The quantitative estimate of drug-likeness (QED) is 0.317. The lowest BCUT2D eigenvalue weighted by Gasteiger charge is -2.29. The molecule has 0 radical (unpaired) electrons. The molecule has 1 aliphatic heterocycles. The number of aromatic nitrogens is 4. The number of methoxy groups -OCH3 is 1. The smallest absolute Gasteiger partial charge is 0.182 e. The number of hydrogen-bond acceptors (Lipinski definition) is 9. The first-order valence-electron chi connectivity index (χ1n) is 12.3. The van der Waals surface area contributed by atoms with Crippen molar-refractivity contribution in [3.63, 3.8) is 0 Å². The molecule has 13 heteroatoms. The minimum atomic E-state index is -1.62. The van der Waals surface area contributed by atoms with Gasteiger partial charge < -0.3 is 24.8 Å². The van der Waals surface area contributed by atoms with Crippen molar-refractivity contribution >= 4 is 39.2 Å². The van der Waals surface area contributed by atoms with Gasteiger partial charge in [-0.05, 0) is 30.2 Å². The van der Waals surface area contributed by atoms with Crippen molar-refractivity contribution in [2.45, 2.75) is 6.42 Å².